The van der Waals surface area contributed by atoms with Crippen molar-refractivity contribution in [2.24, 2.45) is 0 Å². The highest BCUT2D eigenvalue weighted by molar-refractivity contribution is 6.13. The largest absolute Gasteiger partial charge is 0.463 e. The van der Waals surface area contributed by atoms with Crippen LogP contribution in [0.3, 0.4) is 0 Å². The fourth-order valence-corrected chi connectivity index (χ4v) is 3.05. The van der Waals surface area contributed by atoms with Gasteiger partial charge in [0.1, 0.15) is 5.69 Å². The molecule has 0 aliphatic heterocycles. The summed E-state index contributed by atoms with van der Waals surface area (Å²) in [4.78, 5) is 28.9. The summed E-state index contributed by atoms with van der Waals surface area (Å²) in [6.07, 6.45) is 4.53. The second kappa shape index (κ2) is 8.66. The summed E-state index contributed by atoms with van der Waals surface area (Å²) in [6, 6.07) is 12.2. The van der Waals surface area contributed by atoms with Crippen molar-refractivity contribution in [1.82, 2.24) is 10.1 Å². The first-order valence-corrected chi connectivity index (χ1v) is 9.62. The highest BCUT2D eigenvalue weighted by Gasteiger charge is 2.20. The van der Waals surface area contributed by atoms with Crippen LogP contribution in [0.5, 0.6) is 0 Å². The van der Waals surface area contributed by atoms with E-state index in [1.165, 1.54) is 12.3 Å². The number of fused-ring (bicyclic) bond motifs is 1. The van der Waals surface area contributed by atoms with E-state index in [0.717, 1.165) is 5.56 Å². The number of benzene rings is 1. The highest BCUT2D eigenvalue weighted by Crippen LogP contribution is 2.28. The summed E-state index contributed by atoms with van der Waals surface area (Å²) in [6.45, 7) is 3.82. The van der Waals surface area contributed by atoms with Crippen LogP contribution >= 0.6 is 0 Å². The topological polar surface area (TPSA) is 107 Å². The Balaban J connectivity index is 1.58. The third-order valence-electron chi connectivity index (χ3n) is 4.50. The molecular formula is C23H19N3O5. The van der Waals surface area contributed by atoms with E-state index < -0.39 is 5.97 Å². The van der Waals surface area contributed by atoms with Gasteiger partial charge in [0, 0.05) is 11.8 Å². The maximum atomic E-state index is 13.1. The number of carbonyl (C=O) groups is 2. The van der Waals surface area contributed by atoms with Crippen molar-refractivity contribution in [2.45, 2.75) is 13.8 Å². The molecule has 31 heavy (non-hydrogen) atoms. The number of hydrogen-bond acceptors (Lipinski definition) is 7. The Bertz CT molecular complexity index is 1250. The van der Waals surface area contributed by atoms with Crippen LogP contribution in [0.1, 0.15) is 28.5 Å². The molecule has 0 unspecified atom stereocenters. The lowest BCUT2D eigenvalue weighted by molar-refractivity contribution is -0.137. The lowest BCUT2D eigenvalue weighted by Gasteiger charge is -2.08. The van der Waals surface area contributed by atoms with Gasteiger partial charge in [0.25, 0.3) is 11.6 Å². The number of rotatable bonds is 6. The van der Waals surface area contributed by atoms with Gasteiger partial charge in [-0.1, -0.05) is 17.3 Å². The zero-order valence-corrected chi connectivity index (χ0v) is 16.9. The predicted molar refractivity (Wildman–Crippen MR) is 114 cm³/mol. The molecule has 4 rings (SSSR count). The molecule has 8 heteroatoms. The Morgan fingerprint density at radius 2 is 2.00 bits per heavy atom. The molecule has 0 saturated heterocycles. The van der Waals surface area contributed by atoms with Gasteiger partial charge in [-0.25, -0.2) is 9.78 Å². The van der Waals surface area contributed by atoms with E-state index in [4.69, 9.17) is 13.7 Å². The van der Waals surface area contributed by atoms with Crippen LogP contribution in [-0.2, 0) is 9.53 Å². The molecule has 0 radical (unpaired) electrons. The highest BCUT2D eigenvalue weighted by atomic mass is 16.5. The van der Waals surface area contributed by atoms with E-state index >= 15 is 0 Å². The van der Waals surface area contributed by atoms with Crippen molar-refractivity contribution in [3.8, 4) is 11.5 Å². The monoisotopic (exact) mass is 417 g/mol. The zero-order chi connectivity index (χ0) is 21.8. The van der Waals surface area contributed by atoms with Crippen molar-refractivity contribution in [3.63, 3.8) is 0 Å². The smallest absolute Gasteiger partial charge is 0.330 e. The molecular weight excluding hydrogens is 398 g/mol. The zero-order valence-electron chi connectivity index (χ0n) is 16.9. The number of carbonyl (C=O) groups excluding carboxylic acids is 2. The molecule has 0 bridgehead atoms. The molecule has 156 valence electrons. The number of esters is 1. The van der Waals surface area contributed by atoms with E-state index in [0.29, 0.717) is 40.4 Å². The molecule has 4 aromatic rings. The van der Waals surface area contributed by atoms with Gasteiger partial charge in [-0.2, -0.15) is 0 Å². The quantitative estimate of drug-likeness (QED) is 0.360. The first-order chi connectivity index (χ1) is 15.0. The molecule has 1 amide bonds. The van der Waals surface area contributed by atoms with Crippen LogP contribution in [0.25, 0.3) is 28.6 Å². The summed E-state index contributed by atoms with van der Waals surface area (Å²) >= 11 is 0. The van der Waals surface area contributed by atoms with Gasteiger partial charge in [0.15, 0.2) is 5.76 Å². The van der Waals surface area contributed by atoms with Crippen molar-refractivity contribution in [3.05, 3.63) is 71.6 Å². The van der Waals surface area contributed by atoms with E-state index in [2.05, 4.69) is 15.5 Å². The normalized spacial score (nSPS) is 11.2. The Labute approximate surface area is 177 Å². The van der Waals surface area contributed by atoms with Gasteiger partial charge in [-0.3, -0.25) is 4.79 Å². The number of pyridine rings is 1. The number of ether oxygens (including phenoxy) is 1. The third kappa shape index (κ3) is 4.37. The van der Waals surface area contributed by atoms with E-state index in [9.17, 15) is 9.59 Å². The molecule has 1 N–H and O–H groups in total. The van der Waals surface area contributed by atoms with Gasteiger partial charge in [0.05, 0.1) is 29.5 Å². The SMILES string of the molecule is CCOC(=O)/C=C/c1ccc(NC(=O)c2cc(-c3ccco3)nc3onc(C)c23)cc1. The number of furan rings is 1. The standard InChI is InChI=1S/C23H19N3O5/c1-3-29-20(27)11-8-15-6-9-16(10-7-15)24-22(28)17-13-18(19-5-4-12-30-19)25-23-21(17)14(2)26-31-23/h4-13H,3H2,1-2H3,(H,24,28)/b11-8+. The minimum Gasteiger partial charge on any atom is -0.463 e. The summed E-state index contributed by atoms with van der Waals surface area (Å²) in [5.74, 6) is -0.220. The molecule has 0 atom stereocenters. The average molecular weight is 417 g/mol. The van der Waals surface area contributed by atoms with E-state index in [-0.39, 0.29) is 11.6 Å². The molecule has 0 aliphatic carbocycles. The van der Waals surface area contributed by atoms with Crippen molar-refractivity contribution >= 4 is 34.7 Å². The van der Waals surface area contributed by atoms with Crippen molar-refractivity contribution in [1.29, 1.82) is 0 Å². The Morgan fingerprint density at radius 1 is 1.19 bits per heavy atom. The Kier molecular flexibility index (Phi) is 5.61. The fourth-order valence-electron chi connectivity index (χ4n) is 3.05. The van der Waals surface area contributed by atoms with Gasteiger partial charge < -0.3 is 19.0 Å². The maximum absolute atomic E-state index is 13.1. The molecule has 3 heterocycles. The van der Waals surface area contributed by atoms with Gasteiger partial charge in [-0.05, 0) is 55.8 Å². The van der Waals surface area contributed by atoms with Crippen molar-refractivity contribution in [2.75, 3.05) is 11.9 Å². The summed E-state index contributed by atoms with van der Waals surface area (Å²) in [7, 11) is 0. The molecule has 0 saturated carbocycles. The first-order valence-electron chi connectivity index (χ1n) is 9.62. The third-order valence-corrected chi connectivity index (χ3v) is 4.50. The maximum Gasteiger partial charge on any atom is 0.330 e. The first kappa shape index (κ1) is 20.1. The van der Waals surface area contributed by atoms with E-state index in [1.807, 2.05) is 0 Å². The number of aryl methyl sites for hydroxylation is 1. The summed E-state index contributed by atoms with van der Waals surface area (Å²) in [5, 5.41) is 7.35. The average Bonchev–Trinajstić information content (AvgIpc) is 3.43. The van der Waals surface area contributed by atoms with Gasteiger partial charge >= 0.3 is 5.97 Å². The second-order valence-electron chi connectivity index (χ2n) is 6.64. The molecule has 8 nitrogen and oxygen atoms in total. The van der Waals surface area contributed by atoms with Crippen LogP contribution in [0.2, 0.25) is 0 Å². The number of hydrogen-bond donors (Lipinski definition) is 1. The number of nitrogens with one attached hydrogen (secondary N) is 1. The Morgan fingerprint density at radius 3 is 2.71 bits per heavy atom. The number of anilines is 1. The predicted octanol–water partition coefficient (Wildman–Crippen LogP) is 4.62. The van der Waals surface area contributed by atoms with E-state index in [1.54, 1.807) is 62.4 Å². The molecule has 3 aromatic heterocycles. The molecule has 0 spiro atoms. The van der Waals surface area contributed by atoms with Gasteiger partial charge in [0.2, 0.25) is 0 Å². The van der Waals surface area contributed by atoms with Gasteiger partial charge in [-0.15, -0.1) is 0 Å². The lowest BCUT2D eigenvalue weighted by atomic mass is 10.1. The minimum atomic E-state index is -0.405. The van der Waals surface area contributed by atoms with Crippen LogP contribution in [0.4, 0.5) is 5.69 Å². The molecule has 0 aliphatic rings. The number of amides is 1. The molecule has 0 fully saturated rings. The van der Waals surface area contributed by atoms with Crippen LogP contribution in [-0.4, -0.2) is 28.6 Å². The lowest BCUT2D eigenvalue weighted by Crippen LogP contribution is -2.13. The Hall–Kier alpha value is -4.20. The minimum absolute atomic E-state index is 0.260. The molecule has 1 aromatic carbocycles. The van der Waals surface area contributed by atoms with Crippen LogP contribution < -0.4 is 5.32 Å². The summed E-state index contributed by atoms with van der Waals surface area (Å²) < 4.78 is 15.5. The number of nitrogens with zero attached hydrogens (tertiary/aromatic N) is 2. The van der Waals surface area contributed by atoms with Crippen molar-refractivity contribution < 1.29 is 23.3 Å². The number of aromatic nitrogens is 2. The van der Waals surface area contributed by atoms with Crippen LogP contribution in [0.15, 0.2) is 63.7 Å². The second-order valence-corrected chi connectivity index (χ2v) is 6.64. The van der Waals surface area contributed by atoms with Crippen LogP contribution in [0, 0.1) is 6.92 Å². The fraction of sp³-hybridized carbons (Fsp3) is 0.130. The summed E-state index contributed by atoms with van der Waals surface area (Å²) in [5.41, 5.74) is 3.07.